The number of nitrogens with two attached hydrogens (primary N) is 1. The normalized spacial score (nSPS) is 14.2. The van der Waals surface area contributed by atoms with Crippen LogP contribution in [0.15, 0.2) is 102 Å². The van der Waals surface area contributed by atoms with E-state index in [1.165, 1.54) is 18.3 Å². The number of aliphatic imine (C=N–C) groups is 1. The zero-order valence-electron chi connectivity index (χ0n) is 22.5. The van der Waals surface area contributed by atoms with Gasteiger partial charge in [-0.2, -0.15) is 0 Å². The summed E-state index contributed by atoms with van der Waals surface area (Å²) in [6.45, 7) is 4.21. The Balaban J connectivity index is 1.27. The Bertz CT molecular complexity index is 1620. The number of carbonyl (C=O) groups excluding carboxylic acids is 1. The van der Waals surface area contributed by atoms with Gasteiger partial charge in [-0.3, -0.25) is 14.8 Å². The van der Waals surface area contributed by atoms with E-state index >= 15 is 0 Å². The fourth-order valence-corrected chi connectivity index (χ4v) is 4.75. The number of hydrogen-bond acceptors (Lipinski definition) is 6. The molecule has 0 unspecified atom stereocenters. The number of rotatable bonds is 9. The summed E-state index contributed by atoms with van der Waals surface area (Å²) in [5.41, 5.74) is 11.6. The lowest BCUT2D eigenvalue weighted by Crippen LogP contribution is -2.32. The van der Waals surface area contributed by atoms with Crippen molar-refractivity contribution in [3.8, 4) is 0 Å². The van der Waals surface area contributed by atoms with Gasteiger partial charge in [0.15, 0.2) is 0 Å². The van der Waals surface area contributed by atoms with Gasteiger partial charge in [-0.1, -0.05) is 18.7 Å². The Morgan fingerprint density at radius 2 is 1.77 bits per heavy atom. The second kappa shape index (κ2) is 11.0. The van der Waals surface area contributed by atoms with Gasteiger partial charge in [0.25, 0.3) is 0 Å². The van der Waals surface area contributed by atoms with Crippen LogP contribution >= 0.6 is 0 Å². The molecule has 1 saturated carbocycles. The minimum atomic E-state index is -0.670. The molecule has 4 N–H and O–H groups in total. The Morgan fingerprint density at radius 1 is 1.07 bits per heavy atom. The van der Waals surface area contributed by atoms with Crippen molar-refractivity contribution in [2.75, 3.05) is 29.6 Å². The molecule has 1 fully saturated rings. The first-order chi connectivity index (χ1) is 19.3. The van der Waals surface area contributed by atoms with E-state index in [4.69, 9.17) is 5.73 Å². The fraction of sp³-hybridized carbons (Fsp3) is 0.156. The highest BCUT2D eigenvalue weighted by Gasteiger charge is 2.53. The molecule has 7 nitrogen and oxygen atoms in total. The maximum atomic E-state index is 13.3. The number of benzene rings is 3. The third-order valence-corrected chi connectivity index (χ3v) is 7.30. The standard InChI is InChI=1S/C32H31FN6O/c1-21(39(3)27-11-5-24(33)6-12-27)32(15-16-32)31(40)38-26-9-7-25(8-10-26)37-29-14-17-36-30-18-22(4-13-28(29)30)23(19-34)20-35-2/h4-14,17-20H,1,15-16,34H2,2-3H3,(H,36,37)(H,38,40)/b23-19+,35-20?. The Kier molecular flexibility index (Phi) is 7.33. The molecule has 0 spiro atoms. The van der Waals surface area contributed by atoms with E-state index in [0.29, 0.717) is 24.2 Å². The van der Waals surface area contributed by atoms with E-state index in [9.17, 15) is 9.18 Å². The summed E-state index contributed by atoms with van der Waals surface area (Å²) in [6.07, 6.45) is 6.43. The number of halogens is 1. The number of allylic oxidation sites excluding steroid dienone is 1. The van der Waals surface area contributed by atoms with Crippen LogP contribution in [0.4, 0.5) is 27.1 Å². The van der Waals surface area contributed by atoms with Crippen molar-refractivity contribution in [1.29, 1.82) is 0 Å². The largest absolute Gasteiger partial charge is 0.404 e. The first-order valence-electron chi connectivity index (χ1n) is 12.9. The second-order valence-electron chi connectivity index (χ2n) is 9.82. The van der Waals surface area contributed by atoms with Crippen LogP contribution in [-0.4, -0.2) is 31.2 Å². The second-order valence-corrected chi connectivity index (χ2v) is 9.82. The number of carbonyl (C=O) groups is 1. The van der Waals surface area contributed by atoms with E-state index < -0.39 is 5.41 Å². The van der Waals surface area contributed by atoms with Crippen molar-refractivity contribution in [3.63, 3.8) is 0 Å². The quantitative estimate of drug-likeness (QED) is 0.214. The number of anilines is 4. The summed E-state index contributed by atoms with van der Waals surface area (Å²) < 4.78 is 13.3. The predicted molar refractivity (Wildman–Crippen MR) is 162 cm³/mol. The molecular weight excluding hydrogens is 503 g/mol. The Morgan fingerprint density at radius 3 is 2.42 bits per heavy atom. The molecule has 1 aliphatic carbocycles. The Labute approximate surface area is 232 Å². The molecule has 0 atom stereocenters. The summed E-state index contributed by atoms with van der Waals surface area (Å²) in [4.78, 5) is 23.7. The molecule has 5 rings (SSSR count). The lowest BCUT2D eigenvalue weighted by Gasteiger charge is -2.28. The number of pyridine rings is 1. The molecule has 202 valence electrons. The number of hydrogen-bond donors (Lipinski definition) is 3. The van der Waals surface area contributed by atoms with Crippen LogP contribution in [0.3, 0.4) is 0 Å². The highest BCUT2D eigenvalue weighted by Crippen LogP contribution is 2.53. The molecule has 0 radical (unpaired) electrons. The van der Waals surface area contributed by atoms with Crippen LogP contribution in [0.5, 0.6) is 0 Å². The first-order valence-corrected chi connectivity index (χ1v) is 12.9. The van der Waals surface area contributed by atoms with E-state index in [2.05, 4.69) is 27.2 Å². The van der Waals surface area contributed by atoms with Crippen LogP contribution in [-0.2, 0) is 4.79 Å². The predicted octanol–water partition coefficient (Wildman–Crippen LogP) is 6.49. The van der Waals surface area contributed by atoms with Gasteiger partial charge >= 0.3 is 0 Å². The molecule has 1 heterocycles. The maximum Gasteiger partial charge on any atom is 0.236 e. The van der Waals surface area contributed by atoms with Gasteiger partial charge in [-0.05, 0) is 79.1 Å². The average molecular weight is 535 g/mol. The van der Waals surface area contributed by atoms with Crippen LogP contribution in [0, 0.1) is 11.2 Å². The van der Waals surface area contributed by atoms with Gasteiger partial charge in [0, 0.05) is 72.1 Å². The van der Waals surface area contributed by atoms with Gasteiger partial charge in [-0.15, -0.1) is 0 Å². The molecule has 0 bridgehead atoms. The van der Waals surface area contributed by atoms with Crippen LogP contribution < -0.4 is 21.3 Å². The van der Waals surface area contributed by atoms with E-state index in [1.54, 1.807) is 31.6 Å². The number of amides is 1. The lowest BCUT2D eigenvalue weighted by atomic mass is 10.0. The Hall–Kier alpha value is -4.98. The SMILES string of the molecule is C=C(N(C)c1ccc(F)cc1)C1(C(=O)Nc2ccc(Nc3ccnc4cc(/C(C=NC)=C/N)ccc34)cc2)CC1. The summed E-state index contributed by atoms with van der Waals surface area (Å²) in [5.74, 6) is -0.399. The van der Waals surface area contributed by atoms with Gasteiger partial charge < -0.3 is 21.3 Å². The molecule has 1 amide bonds. The summed E-state index contributed by atoms with van der Waals surface area (Å²) in [7, 11) is 3.55. The molecule has 40 heavy (non-hydrogen) atoms. The molecule has 1 aromatic heterocycles. The zero-order valence-corrected chi connectivity index (χ0v) is 22.5. The van der Waals surface area contributed by atoms with Gasteiger partial charge in [0.1, 0.15) is 5.82 Å². The van der Waals surface area contributed by atoms with Crippen molar-refractivity contribution in [2.45, 2.75) is 12.8 Å². The number of fused-ring (bicyclic) bond motifs is 1. The van der Waals surface area contributed by atoms with Crippen molar-refractivity contribution in [1.82, 2.24) is 4.98 Å². The van der Waals surface area contributed by atoms with Gasteiger partial charge in [0.05, 0.1) is 10.9 Å². The highest BCUT2D eigenvalue weighted by molar-refractivity contribution is 6.11. The smallest absolute Gasteiger partial charge is 0.236 e. The van der Waals surface area contributed by atoms with Gasteiger partial charge in [0.2, 0.25) is 5.91 Å². The van der Waals surface area contributed by atoms with Crippen molar-refractivity contribution in [2.24, 2.45) is 16.1 Å². The van der Waals surface area contributed by atoms with Crippen molar-refractivity contribution >= 4 is 51.3 Å². The summed E-state index contributed by atoms with van der Waals surface area (Å²) >= 11 is 0. The minimum absolute atomic E-state index is 0.0953. The van der Waals surface area contributed by atoms with Crippen LogP contribution in [0.1, 0.15) is 18.4 Å². The number of nitrogens with one attached hydrogen (secondary N) is 2. The maximum absolute atomic E-state index is 13.3. The molecule has 3 aromatic carbocycles. The van der Waals surface area contributed by atoms with Crippen molar-refractivity contribution < 1.29 is 9.18 Å². The van der Waals surface area contributed by atoms with Gasteiger partial charge in [-0.25, -0.2) is 4.39 Å². The molecule has 8 heteroatoms. The third kappa shape index (κ3) is 5.29. The van der Waals surface area contributed by atoms with E-state index in [-0.39, 0.29) is 11.7 Å². The molecule has 0 aliphatic heterocycles. The third-order valence-electron chi connectivity index (χ3n) is 7.30. The summed E-state index contributed by atoms with van der Waals surface area (Å²) in [6, 6.07) is 21.6. The van der Waals surface area contributed by atoms with Crippen LogP contribution in [0.25, 0.3) is 16.5 Å². The van der Waals surface area contributed by atoms with Crippen LogP contribution in [0.2, 0.25) is 0 Å². The average Bonchev–Trinajstić information content (AvgIpc) is 3.79. The minimum Gasteiger partial charge on any atom is -0.404 e. The topological polar surface area (TPSA) is 95.6 Å². The fourth-order valence-electron chi connectivity index (χ4n) is 4.75. The molecule has 4 aromatic rings. The number of nitrogens with zero attached hydrogens (tertiary/aromatic N) is 3. The number of aromatic nitrogens is 1. The molecular formula is C32H31FN6O. The highest BCUT2D eigenvalue weighted by atomic mass is 19.1. The lowest BCUT2D eigenvalue weighted by molar-refractivity contribution is -0.119. The van der Waals surface area contributed by atoms with E-state index in [0.717, 1.165) is 39.1 Å². The summed E-state index contributed by atoms with van der Waals surface area (Å²) in [5, 5.41) is 7.46. The molecule has 0 saturated heterocycles. The van der Waals surface area contributed by atoms with E-state index in [1.807, 2.05) is 60.5 Å². The van der Waals surface area contributed by atoms with Crippen molar-refractivity contribution in [3.05, 3.63) is 109 Å². The monoisotopic (exact) mass is 534 g/mol. The first kappa shape index (κ1) is 26.6. The molecule has 1 aliphatic rings. The zero-order chi connectivity index (χ0) is 28.3.